The van der Waals surface area contributed by atoms with Gasteiger partial charge < -0.3 is 15.8 Å². The molecule has 1 aromatic carbocycles. The minimum Gasteiger partial charge on any atom is -0.399 e. The number of benzene rings is 1. The van der Waals surface area contributed by atoms with E-state index in [9.17, 15) is 4.79 Å². The van der Waals surface area contributed by atoms with Gasteiger partial charge in [0.05, 0.1) is 23.8 Å². The molecule has 0 bridgehead atoms. The second kappa shape index (κ2) is 5.52. The van der Waals surface area contributed by atoms with Crippen LogP contribution in [0.5, 0.6) is 0 Å². The zero-order valence-corrected chi connectivity index (χ0v) is 9.98. The molecule has 0 spiro atoms. The summed E-state index contributed by atoms with van der Waals surface area (Å²) in [4.78, 5) is 11.8. The number of nitrogens with zero attached hydrogens (tertiary/aromatic N) is 1. The topological polar surface area (TPSA) is 88.1 Å². The molecular weight excluding hydrogens is 230 g/mol. The number of ether oxygens (including phenoxy) is 1. The van der Waals surface area contributed by atoms with Gasteiger partial charge in [-0.15, -0.1) is 0 Å². The maximum Gasteiger partial charge on any atom is 0.227 e. The fourth-order valence-electron chi connectivity index (χ4n) is 1.98. The molecule has 1 aliphatic rings. The molecule has 0 aromatic heterocycles. The van der Waals surface area contributed by atoms with Gasteiger partial charge in [0.15, 0.2) is 0 Å². The predicted octanol–water partition coefficient (Wildman–Crippen LogP) is 1.65. The lowest BCUT2D eigenvalue weighted by atomic mass is 10.1. The third-order valence-electron chi connectivity index (χ3n) is 2.88. The van der Waals surface area contributed by atoms with Crippen LogP contribution in [-0.2, 0) is 9.53 Å². The van der Waals surface area contributed by atoms with Gasteiger partial charge in [-0.1, -0.05) is 0 Å². The van der Waals surface area contributed by atoms with E-state index in [4.69, 9.17) is 15.7 Å². The van der Waals surface area contributed by atoms with Crippen LogP contribution in [0.15, 0.2) is 18.2 Å². The highest BCUT2D eigenvalue weighted by atomic mass is 16.5. The van der Waals surface area contributed by atoms with E-state index in [-0.39, 0.29) is 12.0 Å². The van der Waals surface area contributed by atoms with E-state index in [0.717, 1.165) is 19.4 Å². The van der Waals surface area contributed by atoms with Crippen molar-refractivity contribution in [3.63, 3.8) is 0 Å². The third kappa shape index (κ3) is 2.99. The summed E-state index contributed by atoms with van der Waals surface area (Å²) in [6.45, 7) is 0.725. The van der Waals surface area contributed by atoms with E-state index < -0.39 is 0 Å². The molecule has 1 aliphatic heterocycles. The second-order valence-corrected chi connectivity index (χ2v) is 4.30. The second-order valence-electron chi connectivity index (χ2n) is 4.30. The quantitative estimate of drug-likeness (QED) is 0.792. The van der Waals surface area contributed by atoms with Crippen LogP contribution in [0.2, 0.25) is 0 Å². The lowest BCUT2D eigenvalue weighted by Crippen LogP contribution is -2.19. The number of nitrogens with two attached hydrogens (primary N) is 1. The highest BCUT2D eigenvalue weighted by Crippen LogP contribution is 2.20. The number of anilines is 2. The molecule has 5 heteroatoms. The first-order valence-corrected chi connectivity index (χ1v) is 5.90. The molecule has 1 saturated heterocycles. The number of hydrogen-bond donors (Lipinski definition) is 2. The zero-order chi connectivity index (χ0) is 13.0. The van der Waals surface area contributed by atoms with Gasteiger partial charge in [-0.25, -0.2) is 0 Å². The van der Waals surface area contributed by atoms with Crippen molar-refractivity contribution in [1.29, 1.82) is 5.26 Å². The van der Waals surface area contributed by atoms with Crippen LogP contribution in [0.1, 0.15) is 24.8 Å². The van der Waals surface area contributed by atoms with Gasteiger partial charge in [-0.05, 0) is 31.0 Å². The van der Waals surface area contributed by atoms with Gasteiger partial charge in [0, 0.05) is 12.3 Å². The average molecular weight is 245 g/mol. The summed E-state index contributed by atoms with van der Waals surface area (Å²) in [6.07, 6.45) is 2.25. The fraction of sp³-hybridized carbons (Fsp3) is 0.385. The number of carbonyl (C=O) groups is 1. The Bertz CT molecular complexity index is 487. The molecule has 1 atom stereocenters. The largest absolute Gasteiger partial charge is 0.399 e. The highest BCUT2D eigenvalue weighted by molar-refractivity contribution is 5.92. The van der Waals surface area contributed by atoms with E-state index >= 15 is 0 Å². The Hall–Kier alpha value is -2.06. The standard InChI is InChI=1S/C13H15N3O2/c14-8-9-6-10(15)3-4-12(9)16-13(17)7-11-2-1-5-18-11/h3-4,6,11H,1-2,5,7,15H2,(H,16,17). The van der Waals surface area contributed by atoms with Crippen molar-refractivity contribution in [2.45, 2.75) is 25.4 Å². The minimum atomic E-state index is -0.136. The predicted molar refractivity (Wildman–Crippen MR) is 67.8 cm³/mol. The van der Waals surface area contributed by atoms with Crippen LogP contribution >= 0.6 is 0 Å². The molecule has 1 unspecified atom stereocenters. The van der Waals surface area contributed by atoms with Crippen LogP contribution in [0, 0.1) is 11.3 Å². The first-order valence-electron chi connectivity index (χ1n) is 5.90. The third-order valence-corrected chi connectivity index (χ3v) is 2.88. The average Bonchev–Trinajstić information content (AvgIpc) is 2.84. The van der Waals surface area contributed by atoms with Gasteiger partial charge >= 0.3 is 0 Å². The summed E-state index contributed by atoms with van der Waals surface area (Å²) in [5.41, 5.74) is 6.95. The Morgan fingerprint density at radius 3 is 3.11 bits per heavy atom. The van der Waals surface area contributed by atoms with Gasteiger partial charge in [-0.2, -0.15) is 5.26 Å². The number of hydrogen-bond acceptors (Lipinski definition) is 4. The van der Waals surface area contributed by atoms with E-state index in [0.29, 0.717) is 23.4 Å². The first-order chi connectivity index (χ1) is 8.69. The molecular formula is C13H15N3O2. The highest BCUT2D eigenvalue weighted by Gasteiger charge is 2.19. The molecule has 0 saturated carbocycles. The number of rotatable bonds is 3. The molecule has 2 rings (SSSR count). The van der Waals surface area contributed by atoms with Crippen molar-refractivity contribution >= 4 is 17.3 Å². The summed E-state index contributed by atoms with van der Waals surface area (Å²) in [7, 11) is 0. The molecule has 3 N–H and O–H groups in total. The Labute approximate surface area is 106 Å². The Morgan fingerprint density at radius 1 is 1.61 bits per heavy atom. The van der Waals surface area contributed by atoms with Crippen molar-refractivity contribution in [3.05, 3.63) is 23.8 Å². The van der Waals surface area contributed by atoms with Crippen LogP contribution in [-0.4, -0.2) is 18.6 Å². The zero-order valence-electron chi connectivity index (χ0n) is 9.98. The molecule has 0 radical (unpaired) electrons. The summed E-state index contributed by atoms with van der Waals surface area (Å²) >= 11 is 0. The number of nitrogen functional groups attached to an aromatic ring is 1. The van der Waals surface area contributed by atoms with E-state index in [1.165, 1.54) is 0 Å². The van der Waals surface area contributed by atoms with Crippen LogP contribution in [0.25, 0.3) is 0 Å². The number of nitriles is 1. The maximum atomic E-state index is 11.8. The van der Waals surface area contributed by atoms with Crippen LogP contribution in [0.4, 0.5) is 11.4 Å². The minimum absolute atomic E-state index is 0.00400. The fourth-order valence-corrected chi connectivity index (χ4v) is 1.98. The van der Waals surface area contributed by atoms with Gasteiger partial charge in [0.2, 0.25) is 5.91 Å². The molecule has 5 nitrogen and oxygen atoms in total. The first kappa shape index (κ1) is 12.4. The van der Waals surface area contributed by atoms with Crippen molar-refractivity contribution in [2.24, 2.45) is 0 Å². The number of amides is 1. The lowest BCUT2D eigenvalue weighted by Gasteiger charge is -2.11. The molecule has 0 aliphatic carbocycles. The van der Waals surface area contributed by atoms with Crippen molar-refractivity contribution in [1.82, 2.24) is 0 Å². The Morgan fingerprint density at radius 2 is 2.44 bits per heavy atom. The summed E-state index contributed by atoms with van der Waals surface area (Å²) in [5.74, 6) is -0.136. The van der Waals surface area contributed by atoms with Gasteiger partial charge in [0.25, 0.3) is 0 Å². The molecule has 18 heavy (non-hydrogen) atoms. The maximum absolute atomic E-state index is 11.8. The smallest absolute Gasteiger partial charge is 0.227 e. The van der Waals surface area contributed by atoms with E-state index in [1.54, 1.807) is 18.2 Å². The monoisotopic (exact) mass is 245 g/mol. The van der Waals surface area contributed by atoms with Crippen LogP contribution < -0.4 is 11.1 Å². The van der Waals surface area contributed by atoms with E-state index in [2.05, 4.69) is 5.32 Å². The Balaban J connectivity index is 2.00. The van der Waals surface area contributed by atoms with Crippen LogP contribution in [0.3, 0.4) is 0 Å². The van der Waals surface area contributed by atoms with Crippen molar-refractivity contribution in [2.75, 3.05) is 17.7 Å². The van der Waals surface area contributed by atoms with Gasteiger partial charge in [0.1, 0.15) is 6.07 Å². The SMILES string of the molecule is N#Cc1cc(N)ccc1NC(=O)CC1CCCO1. The lowest BCUT2D eigenvalue weighted by molar-refractivity contribution is -0.118. The number of nitrogens with one attached hydrogen (secondary N) is 1. The molecule has 1 aromatic rings. The summed E-state index contributed by atoms with van der Waals surface area (Å²) < 4.78 is 5.39. The van der Waals surface area contributed by atoms with Crippen molar-refractivity contribution in [3.8, 4) is 6.07 Å². The van der Waals surface area contributed by atoms with E-state index in [1.807, 2.05) is 6.07 Å². The summed E-state index contributed by atoms with van der Waals surface area (Å²) in [5, 5.41) is 11.7. The molecule has 1 fully saturated rings. The van der Waals surface area contributed by atoms with Crippen molar-refractivity contribution < 1.29 is 9.53 Å². The van der Waals surface area contributed by atoms with Gasteiger partial charge in [-0.3, -0.25) is 4.79 Å². The Kier molecular flexibility index (Phi) is 3.80. The molecule has 94 valence electrons. The normalized spacial score (nSPS) is 18.3. The molecule has 1 amide bonds. The number of carbonyl (C=O) groups excluding carboxylic acids is 1. The molecule has 1 heterocycles. The summed E-state index contributed by atoms with van der Waals surface area (Å²) in [6, 6.07) is 6.85.